The van der Waals surface area contributed by atoms with Gasteiger partial charge in [0.25, 0.3) is 5.91 Å². The van der Waals surface area contributed by atoms with E-state index in [1.54, 1.807) is 12.1 Å². The molecule has 136 valence electrons. The molecule has 4 nitrogen and oxygen atoms in total. The van der Waals surface area contributed by atoms with Crippen LogP contribution in [0.4, 0.5) is 0 Å². The molecule has 0 radical (unpaired) electrons. The maximum Gasteiger partial charge on any atom is 0.251 e. The molecule has 1 heterocycles. The van der Waals surface area contributed by atoms with Crippen LogP contribution < -0.4 is 14.8 Å². The van der Waals surface area contributed by atoms with Crippen molar-refractivity contribution in [3.05, 3.63) is 71.8 Å². The number of ether oxygens (including phenoxy) is 2. The lowest BCUT2D eigenvalue weighted by Gasteiger charge is -2.37. The third-order valence-corrected chi connectivity index (χ3v) is 4.26. The normalized spacial score (nSPS) is 17.6. The first-order chi connectivity index (χ1) is 12.3. The summed E-state index contributed by atoms with van der Waals surface area (Å²) in [5.41, 5.74) is 2.18. The van der Waals surface area contributed by atoms with Gasteiger partial charge in [0.2, 0.25) is 0 Å². The Bertz CT molecular complexity index is 826. The first-order valence-corrected chi connectivity index (χ1v) is 8.80. The fraction of sp³-hybridized carbons (Fsp3) is 0.318. The number of hydrogen-bond acceptors (Lipinski definition) is 3. The lowest BCUT2D eigenvalue weighted by Crippen LogP contribution is -2.41. The molecule has 0 bridgehead atoms. The van der Waals surface area contributed by atoms with Crippen LogP contribution in [0.1, 0.15) is 49.2 Å². The van der Waals surface area contributed by atoms with Gasteiger partial charge < -0.3 is 14.8 Å². The summed E-state index contributed by atoms with van der Waals surface area (Å²) in [4.78, 5) is 12.8. The zero-order chi connectivity index (χ0) is 18.7. The molecule has 2 aromatic rings. The summed E-state index contributed by atoms with van der Waals surface area (Å²) < 4.78 is 11.7. The number of carbonyl (C=O) groups excluding carboxylic acids is 1. The maximum absolute atomic E-state index is 12.8. The molecule has 26 heavy (non-hydrogen) atoms. The van der Waals surface area contributed by atoms with Crippen LogP contribution in [-0.4, -0.2) is 18.1 Å². The van der Waals surface area contributed by atoms with Crippen LogP contribution in [0, 0.1) is 0 Å². The van der Waals surface area contributed by atoms with Crippen LogP contribution >= 0.6 is 0 Å². The standard InChI is InChI=1S/C22H25NO3/c1-15(2)14-25-17-9-7-8-16(12-17)21(24)23-19-13-22(3,4)26-20-11-6-5-10-18(19)20/h5-12,19H,1,13-14H2,2-4H3,(H,23,24). The van der Waals surface area contributed by atoms with Crippen molar-refractivity contribution < 1.29 is 14.3 Å². The molecule has 0 saturated carbocycles. The Hall–Kier alpha value is -2.75. The lowest BCUT2D eigenvalue weighted by molar-refractivity contribution is 0.0619. The highest BCUT2D eigenvalue weighted by Gasteiger charge is 2.34. The van der Waals surface area contributed by atoms with E-state index in [-0.39, 0.29) is 17.6 Å². The third-order valence-electron chi connectivity index (χ3n) is 4.26. The number of carbonyl (C=O) groups is 1. The fourth-order valence-corrected chi connectivity index (χ4v) is 3.11. The second-order valence-electron chi connectivity index (χ2n) is 7.40. The van der Waals surface area contributed by atoms with Gasteiger partial charge in [-0.05, 0) is 50.6 Å². The summed E-state index contributed by atoms with van der Waals surface area (Å²) in [5, 5.41) is 3.15. The average Bonchev–Trinajstić information content (AvgIpc) is 2.59. The summed E-state index contributed by atoms with van der Waals surface area (Å²) in [7, 11) is 0. The predicted molar refractivity (Wildman–Crippen MR) is 103 cm³/mol. The molecule has 4 heteroatoms. The number of rotatable bonds is 5. The molecule has 3 rings (SSSR count). The minimum Gasteiger partial charge on any atom is -0.489 e. The van der Waals surface area contributed by atoms with Crippen LogP contribution in [0.15, 0.2) is 60.7 Å². The van der Waals surface area contributed by atoms with E-state index in [0.717, 1.165) is 16.9 Å². The first-order valence-electron chi connectivity index (χ1n) is 8.80. The van der Waals surface area contributed by atoms with Gasteiger partial charge in [-0.25, -0.2) is 0 Å². The molecule has 0 saturated heterocycles. The van der Waals surface area contributed by atoms with Gasteiger partial charge in [0.15, 0.2) is 0 Å². The number of hydrogen-bond donors (Lipinski definition) is 1. The van der Waals surface area contributed by atoms with Crippen molar-refractivity contribution in [3.63, 3.8) is 0 Å². The van der Waals surface area contributed by atoms with Gasteiger partial charge in [-0.3, -0.25) is 4.79 Å². The van der Waals surface area contributed by atoms with Gasteiger partial charge >= 0.3 is 0 Å². The molecule has 1 atom stereocenters. The Labute approximate surface area is 154 Å². The summed E-state index contributed by atoms with van der Waals surface area (Å²) >= 11 is 0. The Morgan fingerprint density at radius 1 is 1.27 bits per heavy atom. The van der Waals surface area contributed by atoms with E-state index in [1.165, 1.54) is 0 Å². The largest absolute Gasteiger partial charge is 0.489 e. The molecule has 1 aliphatic rings. The smallest absolute Gasteiger partial charge is 0.251 e. The second-order valence-corrected chi connectivity index (χ2v) is 7.40. The topological polar surface area (TPSA) is 47.6 Å². The van der Waals surface area contributed by atoms with Gasteiger partial charge in [-0.2, -0.15) is 0 Å². The highest BCUT2D eigenvalue weighted by atomic mass is 16.5. The van der Waals surface area contributed by atoms with Crippen LogP contribution in [-0.2, 0) is 0 Å². The van der Waals surface area contributed by atoms with Crippen LogP contribution in [0.5, 0.6) is 11.5 Å². The van der Waals surface area contributed by atoms with Crippen molar-refractivity contribution in [2.24, 2.45) is 0 Å². The van der Waals surface area contributed by atoms with E-state index in [2.05, 4.69) is 11.9 Å². The van der Waals surface area contributed by atoms with Gasteiger partial charge in [-0.1, -0.05) is 30.8 Å². The quantitative estimate of drug-likeness (QED) is 0.796. The van der Waals surface area contributed by atoms with Gasteiger partial charge in [-0.15, -0.1) is 0 Å². The molecular weight excluding hydrogens is 326 g/mol. The summed E-state index contributed by atoms with van der Waals surface area (Å²) in [6, 6.07) is 15.0. The van der Waals surface area contributed by atoms with E-state index in [0.29, 0.717) is 24.3 Å². The minimum atomic E-state index is -0.335. The highest BCUT2D eigenvalue weighted by molar-refractivity contribution is 5.94. The van der Waals surface area contributed by atoms with E-state index >= 15 is 0 Å². The predicted octanol–water partition coefficient (Wildman–Crippen LogP) is 4.67. The van der Waals surface area contributed by atoms with Crippen LogP contribution in [0.25, 0.3) is 0 Å². The van der Waals surface area contributed by atoms with Crippen molar-refractivity contribution in [1.29, 1.82) is 0 Å². The van der Waals surface area contributed by atoms with Crippen molar-refractivity contribution >= 4 is 5.91 Å². The zero-order valence-electron chi connectivity index (χ0n) is 15.5. The summed E-state index contributed by atoms with van der Waals surface area (Å²) in [6.07, 6.45) is 0.710. The number of amides is 1. The second kappa shape index (κ2) is 7.24. The fourth-order valence-electron chi connectivity index (χ4n) is 3.11. The Morgan fingerprint density at radius 3 is 2.81 bits per heavy atom. The maximum atomic E-state index is 12.8. The molecule has 1 unspecified atom stereocenters. The Kier molecular flexibility index (Phi) is 5.03. The molecule has 1 N–H and O–H groups in total. The number of fused-ring (bicyclic) bond motifs is 1. The van der Waals surface area contributed by atoms with Crippen molar-refractivity contribution in [2.45, 2.75) is 38.8 Å². The summed E-state index contributed by atoms with van der Waals surface area (Å²) in [5.74, 6) is 1.37. The molecule has 1 amide bonds. The van der Waals surface area contributed by atoms with Crippen molar-refractivity contribution in [3.8, 4) is 11.5 Å². The molecule has 2 aromatic carbocycles. The van der Waals surface area contributed by atoms with E-state index < -0.39 is 0 Å². The van der Waals surface area contributed by atoms with Crippen molar-refractivity contribution in [1.82, 2.24) is 5.32 Å². The highest BCUT2D eigenvalue weighted by Crippen LogP contribution is 2.39. The van der Waals surface area contributed by atoms with Crippen LogP contribution in [0.3, 0.4) is 0 Å². The minimum absolute atomic E-state index is 0.0950. The number of para-hydroxylation sites is 1. The molecule has 1 aliphatic heterocycles. The third kappa shape index (κ3) is 4.26. The molecule has 0 fully saturated rings. The molecule has 0 spiro atoms. The zero-order valence-corrected chi connectivity index (χ0v) is 15.5. The number of benzene rings is 2. The van der Waals surface area contributed by atoms with Gasteiger partial charge in [0.1, 0.15) is 23.7 Å². The first kappa shape index (κ1) is 18.1. The van der Waals surface area contributed by atoms with Gasteiger partial charge in [0, 0.05) is 17.5 Å². The van der Waals surface area contributed by atoms with E-state index in [1.807, 2.05) is 57.2 Å². The molecule has 0 aromatic heterocycles. The van der Waals surface area contributed by atoms with Crippen LogP contribution in [0.2, 0.25) is 0 Å². The Morgan fingerprint density at radius 2 is 2.04 bits per heavy atom. The van der Waals surface area contributed by atoms with E-state index in [4.69, 9.17) is 9.47 Å². The van der Waals surface area contributed by atoms with E-state index in [9.17, 15) is 4.79 Å². The monoisotopic (exact) mass is 351 g/mol. The molecule has 0 aliphatic carbocycles. The SMILES string of the molecule is C=C(C)COc1cccc(C(=O)NC2CC(C)(C)Oc3ccccc32)c1. The Balaban J connectivity index is 1.78. The number of nitrogens with one attached hydrogen (secondary N) is 1. The lowest BCUT2D eigenvalue weighted by atomic mass is 9.89. The summed E-state index contributed by atoms with van der Waals surface area (Å²) in [6.45, 7) is 10.2. The van der Waals surface area contributed by atoms with Crippen molar-refractivity contribution in [2.75, 3.05) is 6.61 Å². The molecular formula is C22H25NO3. The average molecular weight is 351 g/mol. The van der Waals surface area contributed by atoms with Gasteiger partial charge in [0.05, 0.1) is 6.04 Å².